The molecule has 0 amide bonds. The van der Waals surface area contributed by atoms with Gasteiger partial charge in [-0.05, 0) is 12.1 Å². The third-order valence-electron chi connectivity index (χ3n) is 2.32. The molecule has 0 bridgehead atoms. The number of thioether (sulfide) groups is 1. The quantitative estimate of drug-likeness (QED) is 0.685. The van der Waals surface area contributed by atoms with Crippen molar-refractivity contribution in [3.63, 3.8) is 0 Å². The molecule has 1 aromatic carbocycles. The fourth-order valence-electron chi connectivity index (χ4n) is 1.61. The molecule has 2 aromatic rings. The van der Waals surface area contributed by atoms with Gasteiger partial charge in [-0.15, -0.1) is 23.1 Å². The molecular weight excluding hydrogens is 214 g/mol. The van der Waals surface area contributed by atoms with Crippen LogP contribution in [0.1, 0.15) is 16.8 Å². The van der Waals surface area contributed by atoms with Gasteiger partial charge in [-0.25, -0.2) is 4.98 Å². The van der Waals surface area contributed by atoms with Crippen molar-refractivity contribution in [1.82, 2.24) is 4.98 Å². The van der Waals surface area contributed by atoms with E-state index in [0.717, 1.165) is 21.7 Å². The van der Waals surface area contributed by atoms with Crippen LogP contribution in [0.5, 0.6) is 0 Å². The average Bonchev–Trinajstić information content (AvgIpc) is 2.62. The topological polar surface area (TPSA) is 30.0 Å². The second kappa shape index (κ2) is 3.07. The number of hydrogen-bond donors (Lipinski definition) is 0. The lowest BCUT2D eigenvalue weighted by Crippen LogP contribution is -2.07. The summed E-state index contributed by atoms with van der Waals surface area (Å²) in [5, 5.41) is 0. The smallest absolute Gasteiger partial charge is 0.164 e. The van der Waals surface area contributed by atoms with Crippen molar-refractivity contribution in [2.75, 3.05) is 5.75 Å². The highest BCUT2D eigenvalue weighted by Crippen LogP contribution is 2.34. The minimum Gasteiger partial charge on any atom is -0.294 e. The molecule has 1 aromatic heterocycles. The zero-order valence-corrected chi connectivity index (χ0v) is 8.95. The largest absolute Gasteiger partial charge is 0.294 e. The molecule has 0 aliphatic carbocycles. The highest BCUT2D eigenvalue weighted by molar-refractivity contribution is 7.99. The minimum atomic E-state index is 0.258. The molecule has 0 fully saturated rings. The Balaban J connectivity index is 2.32. The zero-order chi connectivity index (χ0) is 9.54. The van der Waals surface area contributed by atoms with Crippen molar-refractivity contribution >= 4 is 39.1 Å². The highest BCUT2D eigenvalue weighted by Gasteiger charge is 2.18. The first-order chi connectivity index (χ1) is 6.84. The van der Waals surface area contributed by atoms with Crippen molar-refractivity contribution in [3.05, 3.63) is 23.2 Å². The maximum Gasteiger partial charge on any atom is 0.164 e. The van der Waals surface area contributed by atoms with Gasteiger partial charge in [-0.1, -0.05) is 0 Å². The normalized spacial score (nSPS) is 15.9. The minimum absolute atomic E-state index is 0.258. The number of Topliss-reactive ketones (excluding diaryl/α,β-unsaturated/α-hetero) is 1. The van der Waals surface area contributed by atoms with Crippen LogP contribution in [0, 0.1) is 0 Å². The third kappa shape index (κ3) is 1.18. The predicted octanol–water partition coefficient (Wildman–Crippen LogP) is 2.97. The fourth-order valence-corrected chi connectivity index (χ4v) is 3.42. The van der Waals surface area contributed by atoms with E-state index in [-0.39, 0.29) is 5.78 Å². The summed E-state index contributed by atoms with van der Waals surface area (Å²) in [5.41, 5.74) is 3.63. The number of thiazole rings is 1. The summed E-state index contributed by atoms with van der Waals surface area (Å²) in [4.78, 5) is 17.0. The van der Waals surface area contributed by atoms with E-state index >= 15 is 0 Å². The van der Waals surface area contributed by atoms with E-state index in [4.69, 9.17) is 0 Å². The van der Waals surface area contributed by atoms with Gasteiger partial charge >= 0.3 is 0 Å². The summed E-state index contributed by atoms with van der Waals surface area (Å²) in [6, 6.07) is 4.01. The Morgan fingerprint density at radius 1 is 1.36 bits per heavy atom. The number of hydrogen-bond acceptors (Lipinski definition) is 4. The molecule has 0 radical (unpaired) electrons. The number of ketones is 1. The second-order valence-electron chi connectivity index (χ2n) is 3.19. The van der Waals surface area contributed by atoms with Crippen molar-refractivity contribution in [2.45, 2.75) is 11.3 Å². The van der Waals surface area contributed by atoms with Gasteiger partial charge in [0, 0.05) is 22.6 Å². The first-order valence-electron chi connectivity index (χ1n) is 4.38. The summed E-state index contributed by atoms with van der Waals surface area (Å²) >= 11 is 3.39. The van der Waals surface area contributed by atoms with Crippen LogP contribution in [0.3, 0.4) is 0 Å². The van der Waals surface area contributed by atoms with Gasteiger partial charge in [0.25, 0.3) is 0 Å². The molecule has 4 heteroatoms. The number of benzene rings is 1. The molecule has 1 aliphatic heterocycles. The Morgan fingerprint density at radius 3 is 3.21 bits per heavy atom. The predicted molar refractivity (Wildman–Crippen MR) is 59.3 cm³/mol. The van der Waals surface area contributed by atoms with Gasteiger partial charge in [-0.2, -0.15) is 0 Å². The first-order valence-corrected chi connectivity index (χ1v) is 6.24. The molecule has 0 saturated heterocycles. The lowest BCUT2D eigenvalue weighted by molar-refractivity contribution is 0.0985. The lowest BCUT2D eigenvalue weighted by atomic mass is 10.1. The number of rotatable bonds is 0. The van der Waals surface area contributed by atoms with E-state index in [1.54, 1.807) is 23.1 Å². The van der Waals surface area contributed by atoms with E-state index in [1.807, 2.05) is 11.6 Å². The molecule has 0 spiro atoms. The lowest BCUT2D eigenvalue weighted by Gasteiger charge is -2.13. The van der Waals surface area contributed by atoms with Crippen LogP contribution in [0.25, 0.3) is 10.2 Å². The maximum atomic E-state index is 11.6. The maximum absolute atomic E-state index is 11.6. The van der Waals surface area contributed by atoms with Crippen LogP contribution in [-0.4, -0.2) is 16.5 Å². The molecule has 0 unspecified atom stereocenters. The molecule has 3 rings (SSSR count). The second-order valence-corrected chi connectivity index (χ2v) is 5.21. The summed E-state index contributed by atoms with van der Waals surface area (Å²) < 4.78 is 1.17. The van der Waals surface area contributed by atoms with Crippen LogP contribution in [0.15, 0.2) is 22.5 Å². The molecule has 1 aliphatic rings. The average molecular weight is 221 g/mol. The molecular formula is C10H7NOS2. The Bertz CT molecular complexity index is 518. The van der Waals surface area contributed by atoms with Gasteiger partial charge < -0.3 is 0 Å². The summed E-state index contributed by atoms with van der Waals surface area (Å²) in [6.07, 6.45) is 0.660. The van der Waals surface area contributed by atoms with Crippen molar-refractivity contribution in [2.24, 2.45) is 0 Å². The summed E-state index contributed by atoms with van der Waals surface area (Å²) in [7, 11) is 0. The third-order valence-corrected chi connectivity index (χ3v) is 4.17. The monoisotopic (exact) mass is 221 g/mol. The van der Waals surface area contributed by atoms with Crippen LogP contribution >= 0.6 is 23.1 Å². The fraction of sp³-hybridized carbons (Fsp3) is 0.200. The molecule has 2 heterocycles. The Kier molecular flexibility index (Phi) is 1.85. The van der Waals surface area contributed by atoms with Crippen LogP contribution in [-0.2, 0) is 0 Å². The molecule has 0 saturated carbocycles. The van der Waals surface area contributed by atoms with E-state index < -0.39 is 0 Å². The first kappa shape index (κ1) is 8.44. The molecule has 0 N–H and O–H groups in total. The standard InChI is InChI=1S/C10H7NOS2/c12-8-1-2-13-9-4-10-7(3-6(8)9)11-5-14-10/h3-5H,1-2H2. The summed E-state index contributed by atoms with van der Waals surface area (Å²) in [6.45, 7) is 0. The number of aromatic nitrogens is 1. The van der Waals surface area contributed by atoms with Crippen molar-refractivity contribution in [1.29, 1.82) is 0 Å². The number of carbonyl (C=O) groups is 1. The van der Waals surface area contributed by atoms with Gasteiger partial charge in [-0.3, -0.25) is 4.79 Å². The molecule has 2 nitrogen and oxygen atoms in total. The Labute approximate surface area is 89.3 Å². The Hall–Kier alpha value is -0.870. The van der Waals surface area contributed by atoms with Gasteiger partial charge in [0.2, 0.25) is 0 Å². The van der Waals surface area contributed by atoms with E-state index in [1.165, 1.54) is 4.70 Å². The van der Waals surface area contributed by atoms with Crippen LogP contribution in [0.2, 0.25) is 0 Å². The van der Waals surface area contributed by atoms with Gasteiger partial charge in [0.1, 0.15) is 0 Å². The van der Waals surface area contributed by atoms with Crippen LogP contribution in [0.4, 0.5) is 0 Å². The van der Waals surface area contributed by atoms with E-state index in [2.05, 4.69) is 11.1 Å². The van der Waals surface area contributed by atoms with E-state index in [9.17, 15) is 4.79 Å². The molecule has 70 valence electrons. The van der Waals surface area contributed by atoms with Crippen LogP contribution < -0.4 is 0 Å². The number of fused-ring (bicyclic) bond motifs is 2. The number of nitrogens with zero attached hydrogens (tertiary/aromatic N) is 1. The van der Waals surface area contributed by atoms with Crippen molar-refractivity contribution < 1.29 is 4.79 Å². The SMILES string of the molecule is O=C1CCSc2cc3scnc3cc21. The highest BCUT2D eigenvalue weighted by atomic mass is 32.2. The molecule has 0 atom stereocenters. The zero-order valence-electron chi connectivity index (χ0n) is 7.32. The Morgan fingerprint density at radius 2 is 2.29 bits per heavy atom. The van der Waals surface area contributed by atoms with Gasteiger partial charge in [0.05, 0.1) is 15.7 Å². The van der Waals surface area contributed by atoms with E-state index in [0.29, 0.717) is 6.42 Å². The summed E-state index contributed by atoms with van der Waals surface area (Å²) in [5.74, 6) is 1.17. The van der Waals surface area contributed by atoms with Crippen molar-refractivity contribution in [3.8, 4) is 0 Å². The number of carbonyl (C=O) groups excluding carboxylic acids is 1. The molecule has 14 heavy (non-hydrogen) atoms. The van der Waals surface area contributed by atoms with Gasteiger partial charge in [0.15, 0.2) is 5.78 Å².